The highest BCUT2D eigenvalue weighted by molar-refractivity contribution is 5.13. The first kappa shape index (κ1) is 11.2. The first-order chi connectivity index (χ1) is 5.81. The van der Waals surface area contributed by atoms with Gasteiger partial charge in [0.15, 0.2) is 0 Å². The summed E-state index contributed by atoms with van der Waals surface area (Å²) in [4.78, 5) is 0. The molecule has 0 aromatic rings. The van der Waals surface area contributed by atoms with Crippen molar-refractivity contribution in [3.63, 3.8) is 0 Å². The molecule has 0 unspecified atom stereocenters. The summed E-state index contributed by atoms with van der Waals surface area (Å²) in [6.45, 7) is 8.10. The van der Waals surface area contributed by atoms with Crippen LogP contribution in [0.15, 0.2) is 36.5 Å². The fourth-order valence-electron chi connectivity index (χ4n) is 0.888. The van der Waals surface area contributed by atoms with Gasteiger partial charge in [-0.25, -0.2) is 0 Å². The second-order valence-electron chi connectivity index (χ2n) is 2.91. The largest absolute Gasteiger partial charge is 0.0959 e. The molecule has 0 aromatic heterocycles. The lowest BCUT2D eigenvalue weighted by atomic mass is 10.1. The molecule has 0 aromatic carbocycles. The van der Waals surface area contributed by atoms with E-state index in [-0.39, 0.29) is 0 Å². The molecule has 0 spiro atoms. The van der Waals surface area contributed by atoms with Crippen molar-refractivity contribution in [3.05, 3.63) is 36.5 Å². The lowest BCUT2D eigenvalue weighted by Crippen LogP contribution is -1.71. The zero-order valence-electron chi connectivity index (χ0n) is 8.34. The number of hydrogen-bond acceptors (Lipinski definition) is 0. The SMILES string of the molecule is C=C(C=CCCCC=CC)CC. The van der Waals surface area contributed by atoms with Gasteiger partial charge in [-0.2, -0.15) is 0 Å². The fraction of sp³-hybridized carbons (Fsp3) is 0.500. The zero-order chi connectivity index (χ0) is 9.23. The van der Waals surface area contributed by atoms with Gasteiger partial charge in [0.1, 0.15) is 0 Å². The third-order valence-electron chi connectivity index (χ3n) is 1.78. The molecule has 0 bridgehead atoms. The summed E-state index contributed by atoms with van der Waals surface area (Å²) >= 11 is 0. The molecule has 0 saturated heterocycles. The normalized spacial score (nSPS) is 11.5. The molecular weight excluding hydrogens is 144 g/mol. The van der Waals surface area contributed by atoms with Crippen LogP contribution in [0.3, 0.4) is 0 Å². The number of allylic oxidation sites excluding steroid dienone is 5. The molecule has 0 fully saturated rings. The van der Waals surface area contributed by atoms with E-state index in [9.17, 15) is 0 Å². The van der Waals surface area contributed by atoms with Crippen molar-refractivity contribution >= 4 is 0 Å². The third-order valence-corrected chi connectivity index (χ3v) is 1.78. The van der Waals surface area contributed by atoms with Crippen molar-refractivity contribution in [2.45, 2.75) is 39.5 Å². The standard InChI is InChI=1S/C12H20/c1-4-6-7-8-9-10-11-12(3)5-2/h4,6,10-11H,3,5,7-9H2,1-2H3. The van der Waals surface area contributed by atoms with Crippen LogP contribution in [0.4, 0.5) is 0 Å². The molecule has 68 valence electrons. The van der Waals surface area contributed by atoms with Crippen molar-refractivity contribution < 1.29 is 0 Å². The molecule has 0 aliphatic rings. The van der Waals surface area contributed by atoms with Crippen LogP contribution in [0, 0.1) is 0 Å². The van der Waals surface area contributed by atoms with Crippen LogP contribution in [0.2, 0.25) is 0 Å². The van der Waals surface area contributed by atoms with E-state index in [4.69, 9.17) is 0 Å². The van der Waals surface area contributed by atoms with E-state index in [1.54, 1.807) is 0 Å². The summed E-state index contributed by atoms with van der Waals surface area (Å²) in [5.74, 6) is 0. The van der Waals surface area contributed by atoms with E-state index in [2.05, 4.69) is 44.7 Å². The van der Waals surface area contributed by atoms with Crippen LogP contribution in [-0.4, -0.2) is 0 Å². The zero-order valence-corrected chi connectivity index (χ0v) is 8.34. The van der Waals surface area contributed by atoms with E-state index in [0.29, 0.717) is 0 Å². The van der Waals surface area contributed by atoms with E-state index in [1.807, 2.05) is 0 Å². The molecule has 0 radical (unpaired) electrons. The predicted octanol–water partition coefficient (Wildman–Crippen LogP) is 4.26. The minimum Gasteiger partial charge on any atom is -0.0959 e. The molecule has 0 atom stereocenters. The van der Waals surface area contributed by atoms with Gasteiger partial charge in [0.2, 0.25) is 0 Å². The Bertz CT molecular complexity index is 161. The van der Waals surface area contributed by atoms with Crippen LogP contribution in [-0.2, 0) is 0 Å². The number of unbranched alkanes of at least 4 members (excludes halogenated alkanes) is 2. The summed E-state index contributed by atoms with van der Waals surface area (Å²) in [5.41, 5.74) is 1.22. The maximum absolute atomic E-state index is 3.91. The number of hydrogen-bond donors (Lipinski definition) is 0. The molecule has 0 nitrogen and oxygen atoms in total. The van der Waals surface area contributed by atoms with Crippen molar-refractivity contribution in [2.24, 2.45) is 0 Å². The lowest BCUT2D eigenvalue weighted by molar-refractivity contribution is 0.866. The average Bonchev–Trinajstić information content (AvgIpc) is 2.10. The van der Waals surface area contributed by atoms with Crippen molar-refractivity contribution in [2.75, 3.05) is 0 Å². The summed E-state index contributed by atoms with van der Waals surface area (Å²) < 4.78 is 0. The highest BCUT2D eigenvalue weighted by Gasteiger charge is 1.82. The molecular formula is C12H20. The Morgan fingerprint density at radius 1 is 1.25 bits per heavy atom. The van der Waals surface area contributed by atoms with Gasteiger partial charge < -0.3 is 0 Å². The Kier molecular flexibility index (Phi) is 7.78. The Hall–Kier alpha value is -0.780. The van der Waals surface area contributed by atoms with E-state index >= 15 is 0 Å². The third kappa shape index (κ3) is 7.33. The monoisotopic (exact) mass is 164 g/mol. The minimum absolute atomic E-state index is 1.06. The minimum atomic E-state index is 1.06. The van der Waals surface area contributed by atoms with Gasteiger partial charge in [-0.05, 0) is 32.6 Å². The van der Waals surface area contributed by atoms with Crippen molar-refractivity contribution in [1.29, 1.82) is 0 Å². The molecule has 0 saturated carbocycles. The van der Waals surface area contributed by atoms with Gasteiger partial charge >= 0.3 is 0 Å². The average molecular weight is 164 g/mol. The molecule has 0 N–H and O–H groups in total. The molecule has 0 aliphatic carbocycles. The Morgan fingerprint density at radius 2 is 1.92 bits per heavy atom. The summed E-state index contributed by atoms with van der Waals surface area (Å²) in [6.07, 6.45) is 13.3. The van der Waals surface area contributed by atoms with Crippen molar-refractivity contribution in [3.8, 4) is 0 Å². The smallest absolute Gasteiger partial charge is 0.0313 e. The Labute approximate surface area is 76.7 Å². The maximum atomic E-state index is 3.91. The van der Waals surface area contributed by atoms with Crippen LogP contribution in [0.25, 0.3) is 0 Å². The lowest BCUT2D eigenvalue weighted by Gasteiger charge is -1.92. The van der Waals surface area contributed by atoms with Gasteiger partial charge in [-0.3, -0.25) is 0 Å². The molecule has 0 amide bonds. The summed E-state index contributed by atoms with van der Waals surface area (Å²) in [5, 5.41) is 0. The Balaban J connectivity index is 3.30. The fourth-order valence-corrected chi connectivity index (χ4v) is 0.888. The van der Waals surface area contributed by atoms with Crippen molar-refractivity contribution in [1.82, 2.24) is 0 Å². The molecule has 0 rings (SSSR count). The predicted molar refractivity (Wildman–Crippen MR) is 57.2 cm³/mol. The second kappa shape index (κ2) is 8.32. The Morgan fingerprint density at radius 3 is 2.50 bits per heavy atom. The highest BCUT2D eigenvalue weighted by Crippen LogP contribution is 2.02. The highest BCUT2D eigenvalue weighted by atomic mass is 13.9. The van der Waals surface area contributed by atoms with Crippen LogP contribution in [0.5, 0.6) is 0 Å². The molecule has 12 heavy (non-hydrogen) atoms. The molecule has 0 heterocycles. The first-order valence-corrected chi connectivity index (χ1v) is 4.76. The molecule has 0 aliphatic heterocycles. The topological polar surface area (TPSA) is 0 Å². The first-order valence-electron chi connectivity index (χ1n) is 4.76. The van der Waals surface area contributed by atoms with E-state index in [0.717, 1.165) is 6.42 Å². The van der Waals surface area contributed by atoms with Crippen LogP contribution < -0.4 is 0 Å². The van der Waals surface area contributed by atoms with Gasteiger partial charge in [0.05, 0.1) is 0 Å². The second-order valence-corrected chi connectivity index (χ2v) is 2.91. The molecule has 0 heteroatoms. The van der Waals surface area contributed by atoms with Gasteiger partial charge in [0, 0.05) is 0 Å². The number of rotatable bonds is 6. The maximum Gasteiger partial charge on any atom is -0.0313 e. The van der Waals surface area contributed by atoms with Crippen LogP contribution in [0.1, 0.15) is 39.5 Å². The van der Waals surface area contributed by atoms with Gasteiger partial charge in [-0.15, -0.1) is 0 Å². The quantitative estimate of drug-likeness (QED) is 0.313. The summed E-state index contributed by atoms with van der Waals surface area (Å²) in [6, 6.07) is 0. The van der Waals surface area contributed by atoms with Gasteiger partial charge in [-0.1, -0.05) is 43.4 Å². The van der Waals surface area contributed by atoms with Gasteiger partial charge in [0.25, 0.3) is 0 Å². The van der Waals surface area contributed by atoms with E-state index < -0.39 is 0 Å². The van der Waals surface area contributed by atoms with E-state index in [1.165, 1.54) is 24.8 Å². The van der Waals surface area contributed by atoms with Crippen LogP contribution >= 0.6 is 0 Å². The summed E-state index contributed by atoms with van der Waals surface area (Å²) in [7, 11) is 0.